The van der Waals surface area contributed by atoms with E-state index in [4.69, 9.17) is 14.7 Å². The van der Waals surface area contributed by atoms with Gasteiger partial charge in [0.15, 0.2) is 0 Å². The Bertz CT molecular complexity index is 307. The van der Waals surface area contributed by atoms with Gasteiger partial charge < -0.3 is 9.47 Å². The van der Waals surface area contributed by atoms with Crippen molar-refractivity contribution in [3.8, 4) is 6.07 Å². The minimum Gasteiger partial charge on any atom is -0.458 e. The van der Waals surface area contributed by atoms with Crippen LogP contribution in [-0.2, 0) is 9.47 Å². The van der Waals surface area contributed by atoms with Gasteiger partial charge in [0.05, 0.1) is 11.8 Å². The van der Waals surface area contributed by atoms with E-state index in [9.17, 15) is 0 Å². The van der Waals surface area contributed by atoms with Crippen molar-refractivity contribution in [2.75, 3.05) is 0 Å². The molecule has 3 heteroatoms. The van der Waals surface area contributed by atoms with Crippen LogP contribution < -0.4 is 0 Å². The zero-order valence-corrected chi connectivity index (χ0v) is 5.65. The second-order valence-corrected chi connectivity index (χ2v) is 2.24. The molecule has 0 N–H and O–H groups in total. The molecule has 2 rings (SSSR count). The van der Waals surface area contributed by atoms with Crippen LogP contribution in [-0.4, -0.2) is 6.29 Å². The van der Waals surface area contributed by atoms with E-state index in [0.717, 1.165) is 5.57 Å². The summed E-state index contributed by atoms with van der Waals surface area (Å²) in [4.78, 5) is 0. The van der Waals surface area contributed by atoms with E-state index in [2.05, 4.69) is 0 Å². The van der Waals surface area contributed by atoms with Crippen LogP contribution in [0.1, 0.15) is 0 Å². The molecule has 0 amide bonds. The van der Waals surface area contributed by atoms with E-state index >= 15 is 0 Å². The number of nitrogens with zero attached hydrogens (tertiary/aromatic N) is 1. The van der Waals surface area contributed by atoms with Crippen LogP contribution in [0.25, 0.3) is 0 Å². The lowest BCUT2D eigenvalue weighted by Crippen LogP contribution is -2.12. The highest BCUT2D eigenvalue weighted by Gasteiger charge is 2.21. The third-order valence-corrected chi connectivity index (χ3v) is 1.50. The molecular weight excluding hydrogens is 142 g/mol. The minimum atomic E-state index is -0.327. The summed E-state index contributed by atoms with van der Waals surface area (Å²) in [7, 11) is 0. The number of allylic oxidation sites excluding steroid dienone is 2. The van der Waals surface area contributed by atoms with E-state index in [1.165, 1.54) is 6.26 Å². The lowest BCUT2D eigenvalue weighted by atomic mass is 10.1. The van der Waals surface area contributed by atoms with Gasteiger partial charge in [-0.1, -0.05) is 0 Å². The van der Waals surface area contributed by atoms with E-state index in [1.54, 1.807) is 18.4 Å². The van der Waals surface area contributed by atoms with Gasteiger partial charge in [-0.25, -0.2) is 0 Å². The Morgan fingerprint density at radius 2 is 2.36 bits per heavy atom. The minimum absolute atomic E-state index is 0.327. The predicted octanol–water partition coefficient (Wildman–Crippen LogP) is 1.22. The molecule has 1 atom stereocenters. The summed E-state index contributed by atoms with van der Waals surface area (Å²) in [5, 5.41) is 8.50. The summed E-state index contributed by atoms with van der Waals surface area (Å²) in [6, 6.07) is 1.99. The molecule has 3 nitrogen and oxygen atoms in total. The summed E-state index contributed by atoms with van der Waals surface area (Å²) >= 11 is 0. The molecule has 0 aromatic carbocycles. The van der Waals surface area contributed by atoms with Gasteiger partial charge in [0.1, 0.15) is 12.3 Å². The molecule has 2 heterocycles. The van der Waals surface area contributed by atoms with Gasteiger partial charge in [-0.05, 0) is 12.2 Å². The van der Waals surface area contributed by atoms with Crippen molar-refractivity contribution in [1.29, 1.82) is 5.26 Å². The summed E-state index contributed by atoms with van der Waals surface area (Å²) < 4.78 is 10.1. The summed E-state index contributed by atoms with van der Waals surface area (Å²) in [6.45, 7) is 0. The maximum Gasteiger partial charge on any atom is 0.266 e. The molecule has 1 unspecified atom stereocenters. The fourth-order valence-electron chi connectivity index (χ4n) is 0.980. The van der Waals surface area contributed by atoms with Crippen LogP contribution in [0.2, 0.25) is 0 Å². The van der Waals surface area contributed by atoms with Crippen LogP contribution in [0.5, 0.6) is 0 Å². The van der Waals surface area contributed by atoms with Gasteiger partial charge in [-0.2, -0.15) is 5.26 Å². The molecule has 0 aromatic heterocycles. The van der Waals surface area contributed by atoms with Crippen LogP contribution in [0.15, 0.2) is 35.8 Å². The smallest absolute Gasteiger partial charge is 0.266 e. The van der Waals surface area contributed by atoms with Crippen molar-refractivity contribution in [1.82, 2.24) is 0 Å². The average Bonchev–Trinajstić information content (AvgIpc) is 2.50. The normalized spacial score (nSPS) is 25.5. The number of hydrogen-bond donors (Lipinski definition) is 0. The topological polar surface area (TPSA) is 42.2 Å². The molecule has 0 fully saturated rings. The van der Waals surface area contributed by atoms with Crippen molar-refractivity contribution in [2.45, 2.75) is 6.29 Å². The van der Waals surface area contributed by atoms with Crippen molar-refractivity contribution >= 4 is 0 Å². The first-order valence-corrected chi connectivity index (χ1v) is 3.19. The van der Waals surface area contributed by atoms with Crippen LogP contribution in [0.4, 0.5) is 0 Å². The van der Waals surface area contributed by atoms with E-state index in [0.29, 0.717) is 5.57 Å². The molecule has 0 saturated heterocycles. The molecule has 54 valence electrons. The average molecular weight is 147 g/mol. The Hall–Kier alpha value is -1.69. The Labute approximate surface area is 63.8 Å². The standard InChI is InChI=1S/C8H5NO2/c9-4-6-3-7-1-2-10-8(7)11-5-6/h1-3,5,8H. The highest BCUT2D eigenvalue weighted by molar-refractivity contribution is 5.42. The Balaban J connectivity index is 2.31. The van der Waals surface area contributed by atoms with E-state index in [-0.39, 0.29) is 6.29 Å². The zero-order valence-electron chi connectivity index (χ0n) is 5.65. The molecule has 0 aromatic rings. The van der Waals surface area contributed by atoms with Crippen molar-refractivity contribution in [2.24, 2.45) is 0 Å². The maximum absolute atomic E-state index is 8.50. The predicted molar refractivity (Wildman–Crippen MR) is 36.9 cm³/mol. The molecule has 11 heavy (non-hydrogen) atoms. The highest BCUT2D eigenvalue weighted by atomic mass is 16.7. The lowest BCUT2D eigenvalue weighted by Gasteiger charge is -2.14. The monoisotopic (exact) mass is 147 g/mol. The third kappa shape index (κ3) is 0.887. The number of rotatable bonds is 0. The molecule has 0 aliphatic carbocycles. The van der Waals surface area contributed by atoms with Gasteiger partial charge in [0, 0.05) is 5.57 Å². The highest BCUT2D eigenvalue weighted by Crippen LogP contribution is 2.23. The molecule has 2 aliphatic rings. The first-order chi connectivity index (χ1) is 5.40. The molecular formula is C8H5NO2. The molecule has 0 spiro atoms. The largest absolute Gasteiger partial charge is 0.458 e. The quantitative estimate of drug-likeness (QED) is 0.517. The van der Waals surface area contributed by atoms with Crippen LogP contribution in [0, 0.1) is 11.3 Å². The molecule has 2 aliphatic heterocycles. The fourth-order valence-corrected chi connectivity index (χ4v) is 0.980. The first kappa shape index (κ1) is 6.05. The van der Waals surface area contributed by atoms with Crippen LogP contribution >= 0.6 is 0 Å². The Morgan fingerprint density at radius 3 is 3.18 bits per heavy atom. The third-order valence-electron chi connectivity index (χ3n) is 1.50. The second kappa shape index (κ2) is 2.17. The Morgan fingerprint density at radius 1 is 1.45 bits per heavy atom. The van der Waals surface area contributed by atoms with Gasteiger partial charge in [-0.15, -0.1) is 0 Å². The van der Waals surface area contributed by atoms with Crippen molar-refractivity contribution in [3.63, 3.8) is 0 Å². The molecule has 0 radical (unpaired) electrons. The van der Waals surface area contributed by atoms with Crippen molar-refractivity contribution < 1.29 is 9.47 Å². The van der Waals surface area contributed by atoms with Gasteiger partial charge >= 0.3 is 0 Å². The van der Waals surface area contributed by atoms with Crippen molar-refractivity contribution in [3.05, 3.63) is 35.8 Å². The number of fused-ring (bicyclic) bond motifs is 1. The lowest BCUT2D eigenvalue weighted by molar-refractivity contribution is -0.0216. The first-order valence-electron chi connectivity index (χ1n) is 3.19. The fraction of sp³-hybridized carbons (Fsp3) is 0.125. The maximum atomic E-state index is 8.50. The van der Waals surface area contributed by atoms with E-state index < -0.39 is 0 Å². The van der Waals surface area contributed by atoms with E-state index in [1.807, 2.05) is 6.07 Å². The summed E-state index contributed by atoms with van der Waals surface area (Å²) in [6.07, 6.45) is 6.17. The Kier molecular flexibility index (Phi) is 1.19. The molecule has 0 saturated carbocycles. The number of nitriles is 1. The van der Waals surface area contributed by atoms with Crippen LogP contribution in [0.3, 0.4) is 0 Å². The number of ether oxygens (including phenoxy) is 2. The van der Waals surface area contributed by atoms with Gasteiger partial charge in [0.25, 0.3) is 6.29 Å². The summed E-state index contributed by atoms with van der Waals surface area (Å²) in [5.41, 5.74) is 1.41. The van der Waals surface area contributed by atoms with Gasteiger partial charge in [-0.3, -0.25) is 0 Å². The van der Waals surface area contributed by atoms with Gasteiger partial charge in [0.2, 0.25) is 0 Å². The zero-order chi connectivity index (χ0) is 7.68. The molecule has 0 bridgehead atoms. The number of hydrogen-bond acceptors (Lipinski definition) is 3. The summed E-state index contributed by atoms with van der Waals surface area (Å²) in [5.74, 6) is 0. The SMILES string of the molecule is N#CC1=COC2OC=CC2=C1. The second-order valence-electron chi connectivity index (χ2n) is 2.24.